The van der Waals surface area contributed by atoms with Gasteiger partial charge in [-0.25, -0.2) is 9.38 Å². The molecule has 1 N–H and O–H groups in total. The number of nitrogens with one attached hydrogen (secondary N) is 1. The van der Waals surface area contributed by atoms with Crippen molar-refractivity contribution in [2.24, 2.45) is 4.99 Å². The van der Waals surface area contributed by atoms with Crippen molar-refractivity contribution in [1.82, 2.24) is 4.57 Å². The second-order valence-electron chi connectivity index (χ2n) is 6.28. The number of benzene rings is 2. The van der Waals surface area contributed by atoms with Crippen LogP contribution >= 0.6 is 11.3 Å². The van der Waals surface area contributed by atoms with E-state index in [9.17, 15) is 14.0 Å². The highest BCUT2D eigenvalue weighted by Gasteiger charge is 2.27. The summed E-state index contributed by atoms with van der Waals surface area (Å²) in [6.07, 6.45) is 0. The molecule has 0 unspecified atom stereocenters. The fourth-order valence-electron chi connectivity index (χ4n) is 3.32. The van der Waals surface area contributed by atoms with E-state index in [1.807, 2.05) is 29.2 Å². The molecule has 1 amide bonds. The van der Waals surface area contributed by atoms with Gasteiger partial charge in [0.1, 0.15) is 23.7 Å². The minimum atomic E-state index is -0.314. The fraction of sp³-hybridized carbons (Fsp3) is 0.105. The second kappa shape index (κ2) is 5.88. The van der Waals surface area contributed by atoms with Crippen molar-refractivity contribution in [2.75, 3.05) is 16.9 Å². The Balaban J connectivity index is 1.64. The Labute approximate surface area is 156 Å². The van der Waals surface area contributed by atoms with Crippen molar-refractivity contribution in [3.8, 4) is 0 Å². The summed E-state index contributed by atoms with van der Waals surface area (Å²) in [7, 11) is 0. The quantitative estimate of drug-likeness (QED) is 0.691. The molecule has 0 spiro atoms. The number of fused-ring (bicyclic) bond motifs is 2. The van der Waals surface area contributed by atoms with Gasteiger partial charge in [-0.2, -0.15) is 0 Å². The van der Waals surface area contributed by atoms with E-state index in [0.29, 0.717) is 33.9 Å². The number of hydrogen-bond donors (Lipinski definition) is 1. The molecule has 0 saturated heterocycles. The Morgan fingerprint density at radius 2 is 1.85 bits per heavy atom. The summed E-state index contributed by atoms with van der Waals surface area (Å²) < 4.78 is 15.1. The van der Waals surface area contributed by atoms with Gasteiger partial charge in [-0.05, 0) is 30.3 Å². The van der Waals surface area contributed by atoms with Crippen LogP contribution in [0.2, 0.25) is 0 Å². The van der Waals surface area contributed by atoms with Crippen LogP contribution < -0.4 is 25.1 Å². The summed E-state index contributed by atoms with van der Waals surface area (Å²) in [6, 6.07) is 13.4. The number of rotatable bonds is 1. The number of aromatic nitrogens is 1. The van der Waals surface area contributed by atoms with Gasteiger partial charge in [-0.3, -0.25) is 14.2 Å². The van der Waals surface area contributed by atoms with Gasteiger partial charge in [0.2, 0.25) is 0 Å². The Kier molecular flexibility index (Phi) is 3.48. The molecule has 2 aromatic carbocycles. The molecule has 0 bridgehead atoms. The number of halogens is 1. The van der Waals surface area contributed by atoms with Gasteiger partial charge in [-0.1, -0.05) is 29.5 Å². The standard InChI is InChI=1S/C19H13FN4O2S/c20-11-5-7-12(8-6-11)23-9-21-19-24(10-23)18(26)16(27-19)15-13-3-1-2-4-14(13)22-17(15)25/h1-8H,9-10H2,(H,22,25). The third kappa shape index (κ3) is 2.48. The molecule has 8 heteroatoms. The van der Waals surface area contributed by atoms with Crippen LogP contribution in [0.4, 0.5) is 15.8 Å². The topological polar surface area (TPSA) is 66.7 Å². The number of amides is 1. The first kappa shape index (κ1) is 16.0. The molecule has 6 nitrogen and oxygen atoms in total. The summed E-state index contributed by atoms with van der Waals surface area (Å²) in [5.41, 5.74) is 2.37. The molecule has 0 fully saturated rings. The Hall–Kier alpha value is -3.26. The highest BCUT2D eigenvalue weighted by molar-refractivity contribution is 7.07. The summed E-state index contributed by atoms with van der Waals surface area (Å²) in [5, 5.41) is 2.80. The van der Waals surface area contributed by atoms with Crippen LogP contribution in [0.3, 0.4) is 0 Å². The van der Waals surface area contributed by atoms with Gasteiger partial charge in [0, 0.05) is 16.9 Å². The average Bonchev–Trinajstić information content (AvgIpc) is 3.18. The zero-order valence-electron chi connectivity index (χ0n) is 14.0. The second-order valence-corrected chi connectivity index (χ2v) is 7.26. The maximum atomic E-state index is 13.2. The number of nitrogens with zero attached hydrogens (tertiary/aromatic N) is 3. The maximum absolute atomic E-state index is 13.2. The zero-order chi connectivity index (χ0) is 18.5. The monoisotopic (exact) mass is 380 g/mol. The molecular formula is C19H13FN4O2S. The number of para-hydroxylation sites is 1. The molecule has 5 rings (SSSR count). The van der Waals surface area contributed by atoms with Crippen molar-refractivity contribution >= 4 is 34.2 Å². The first-order chi connectivity index (χ1) is 13.1. The van der Waals surface area contributed by atoms with E-state index in [2.05, 4.69) is 10.3 Å². The van der Waals surface area contributed by atoms with Crippen LogP contribution in [0, 0.1) is 5.82 Å². The summed E-state index contributed by atoms with van der Waals surface area (Å²) in [5.74, 6) is -0.589. The predicted molar refractivity (Wildman–Crippen MR) is 101 cm³/mol. The van der Waals surface area contributed by atoms with Crippen molar-refractivity contribution < 1.29 is 9.18 Å². The van der Waals surface area contributed by atoms with Crippen molar-refractivity contribution in [3.05, 3.63) is 79.6 Å². The summed E-state index contributed by atoms with van der Waals surface area (Å²) >= 11 is 1.23. The molecule has 3 aromatic rings. The molecule has 3 heterocycles. The minimum absolute atomic E-state index is 0.243. The van der Waals surface area contributed by atoms with E-state index in [1.165, 1.54) is 23.5 Å². The Morgan fingerprint density at radius 1 is 1.07 bits per heavy atom. The first-order valence-corrected chi connectivity index (χ1v) is 9.13. The molecule has 2 aliphatic rings. The van der Waals surface area contributed by atoms with Crippen molar-refractivity contribution in [1.29, 1.82) is 0 Å². The van der Waals surface area contributed by atoms with Crippen LogP contribution in [-0.2, 0) is 11.5 Å². The lowest BCUT2D eigenvalue weighted by Crippen LogP contribution is -2.43. The number of anilines is 2. The molecule has 27 heavy (non-hydrogen) atoms. The van der Waals surface area contributed by atoms with Gasteiger partial charge in [-0.15, -0.1) is 0 Å². The molecule has 1 aromatic heterocycles. The molecule has 2 aliphatic heterocycles. The van der Waals surface area contributed by atoms with Gasteiger partial charge in [0.15, 0.2) is 4.80 Å². The minimum Gasteiger partial charge on any atom is -0.334 e. The van der Waals surface area contributed by atoms with E-state index < -0.39 is 0 Å². The van der Waals surface area contributed by atoms with E-state index in [4.69, 9.17) is 0 Å². The van der Waals surface area contributed by atoms with Gasteiger partial charge >= 0.3 is 0 Å². The van der Waals surface area contributed by atoms with Crippen LogP contribution in [0.5, 0.6) is 0 Å². The molecule has 0 saturated carbocycles. The summed E-state index contributed by atoms with van der Waals surface area (Å²) in [4.78, 5) is 32.4. The smallest absolute Gasteiger partial charge is 0.272 e. The van der Waals surface area contributed by atoms with E-state index in [0.717, 1.165) is 11.3 Å². The normalized spacial score (nSPS) is 17.2. The third-order valence-corrected chi connectivity index (χ3v) is 5.76. The Bertz CT molecular complexity index is 1260. The lowest BCUT2D eigenvalue weighted by atomic mass is 10.1. The highest BCUT2D eigenvalue weighted by Crippen LogP contribution is 2.29. The van der Waals surface area contributed by atoms with Gasteiger partial charge < -0.3 is 10.2 Å². The Morgan fingerprint density at radius 3 is 2.67 bits per heavy atom. The highest BCUT2D eigenvalue weighted by atomic mass is 32.1. The zero-order valence-corrected chi connectivity index (χ0v) is 14.8. The van der Waals surface area contributed by atoms with E-state index in [-0.39, 0.29) is 17.3 Å². The van der Waals surface area contributed by atoms with Crippen LogP contribution in [0.15, 0.2) is 58.3 Å². The molecule has 0 atom stereocenters. The molecule has 0 radical (unpaired) electrons. The van der Waals surface area contributed by atoms with Crippen LogP contribution in [-0.4, -0.2) is 17.1 Å². The molecule has 0 aliphatic carbocycles. The average molecular weight is 380 g/mol. The van der Waals surface area contributed by atoms with E-state index >= 15 is 0 Å². The lowest BCUT2D eigenvalue weighted by molar-refractivity contribution is -0.110. The fourth-order valence-corrected chi connectivity index (χ4v) is 4.38. The van der Waals surface area contributed by atoms with Gasteiger partial charge in [0.05, 0.1) is 5.57 Å². The third-order valence-electron chi connectivity index (χ3n) is 4.64. The maximum Gasteiger partial charge on any atom is 0.272 e. The molecule has 134 valence electrons. The van der Waals surface area contributed by atoms with E-state index in [1.54, 1.807) is 16.7 Å². The summed E-state index contributed by atoms with van der Waals surface area (Å²) in [6.45, 7) is 0.666. The molecular weight excluding hydrogens is 367 g/mol. The predicted octanol–water partition coefficient (Wildman–Crippen LogP) is 1.25. The number of carbonyl (C=O) groups excluding carboxylic acids is 1. The van der Waals surface area contributed by atoms with Crippen LogP contribution in [0.1, 0.15) is 5.56 Å². The van der Waals surface area contributed by atoms with Crippen molar-refractivity contribution in [3.63, 3.8) is 0 Å². The van der Waals surface area contributed by atoms with Gasteiger partial charge in [0.25, 0.3) is 11.5 Å². The lowest BCUT2D eigenvalue weighted by Gasteiger charge is -2.25. The number of hydrogen-bond acceptors (Lipinski definition) is 5. The number of thiazole rings is 1. The SMILES string of the molecule is O=C1Nc2ccccc2C1=c1sc2n(c1=O)CN(c1ccc(F)cc1)CN=2. The largest absolute Gasteiger partial charge is 0.334 e. The first-order valence-electron chi connectivity index (χ1n) is 8.31. The van der Waals surface area contributed by atoms with Crippen molar-refractivity contribution in [2.45, 2.75) is 6.67 Å². The number of carbonyl (C=O) groups is 1. The van der Waals surface area contributed by atoms with Crippen LogP contribution in [0.25, 0.3) is 5.57 Å².